The first-order valence-electron chi connectivity index (χ1n) is 11.8. The molecule has 32 heavy (non-hydrogen) atoms. The molecule has 0 bridgehead atoms. The third-order valence-electron chi connectivity index (χ3n) is 6.95. The molecule has 0 aliphatic carbocycles. The maximum Gasteiger partial charge on any atom is 0.254 e. The van der Waals surface area contributed by atoms with Gasteiger partial charge in [0.15, 0.2) is 0 Å². The molecule has 2 aliphatic rings. The Hall–Kier alpha value is -2.73. The molecule has 170 valence electrons. The number of carbonyl (C=O) groups is 2. The molecule has 0 unspecified atom stereocenters. The fourth-order valence-electron chi connectivity index (χ4n) is 5.01. The van der Waals surface area contributed by atoms with Crippen LogP contribution in [0.3, 0.4) is 0 Å². The molecular weight excluding hydrogens is 400 g/mol. The predicted octanol–water partition coefficient (Wildman–Crippen LogP) is 3.33. The number of likely N-dealkylation sites (tertiary alicyclic amines) is 2. The van der Waals surface area contributed by atoms with Crippen molar-refractivity contribution < 1.29 is 9.59 Å². The molecule has 6 nitrogen and oxygen atoms in total. The summed E-state index contributed by atoms with van der Waals surface area (Å²) < 4.78 is 0. The second-order valence-electron chi connectivity index (χ2n) is 9.19. The SMILES string of the molecule is Cc1ccc(C(=O)N2CCC(N3CCC(C(=O)NCc4ccccn4)CC3)CC2)c(C)c1. The second-order valence-corrected chi connectivity index (χ2v) is 9.19. The molecule has 1 aromatic heterocycles. The van der Waals surface area contributed by atoms with Crippen molar-refractivity contribution in [1.29, 1.82) is 0 Å². The number of aryl methyl sites for hydroxylation is 2. The number of hydrogen-bond acceptors (Lipinski definition) is 4. The van der Waals surface area contributed by atoms with E-state index in [0.29, 0.717) is 12.6 Å². The van der Waals surface area contributed by atoms with Gasteiger partial charge in [0, 0.05) is 36.8 Å². The van der Waals surface area contributed by atoms with E-state index in [-0.39, 0.29) is 17.7 Å². The van der Waals surface area contributed by atoms with E-state index in [1.54, 1.807) is 6.20 Å². The van der Waals surface area contributed by atoms with Gasteiger partial charge < -0.3 is 15.1 Å². The topological polar surface area (TPSA) is 65.5 Å². The van der Waals surface area contributed by atoms with Gasteiger partial charge in [-0.15, -0.1) is 0 Å². The lowest BCUT2D eigenvalue weighted by Crippen LogP contribution is -2.50. The maximum atomic E-state index is 13.0. The monoisotopic (exact) mass is 434 g/mol. The van der Waals surface area contributed by atoms with Gasteiger partial charge in [0.05, 0.1) is 12.2 Å². The first kappa shape index (κ1) is 22.5. The highest BCUT2D eigenvalue weighted by atomic mass is 16.2. The molecule has 0 saturated carbocycles. The second kappa shape index (κ2) is 10.3. The zero-order valence-electron chi connectivity index (χ0n) is 19.2. The molecule has 6 heteroatoms. The fourth-order valence-corrected chi connectivity index (χ4v) is 5.01. The molecule has 1 aromatic carbocycles. The molecule has 2 aromatic rings. The van der Waals surface area contributed by atoms with Crippen LogP contribution in [0.1, 0.15) is 52.9 Å². The van der Waals surface area contributed by atoms with Crippen molar-refractivity contribution in [3.8, 4) is 0 Å². The number of aromatic nitrogens is 1. The number of nitrogens with zero attached hydrogens (tertiary/aromatic N) is 3. The van der Waals surface area contributed by atoms with E-state index in [2.05, 4.69) is 28.2 Å². The normalized spacial score (nSPS) is 18.5. The van der Waals surface area contributed by atoms with Crippen LogP contribution in [0, 0.1) is 19.8 Å². The summed E-state index contributed by atoms with van der Waals surface area (Å²) in [7, 11) is 0. The number of nitrogens with one attached hydrogen (secondary N) is 1. The summed E-state index contributed by atoms with van der Waals surface area (Å²) in [4.78, 5) is 34.3. The molecule has 0 spiro atoms. The Morgan fingerprint density at radius 1 is 1.00 bits per heavy atom. The summed E-state index contributed by atoms with van der Waals surface area (Å²) in [6, 6.07) is 12.3. The number of carbonyl (C=O) groups excluding carboxylic acids is 2. The van der Waals surface area contributed by atoms with Gasteiger partial charge in [0.2, 0.25) is 5.91 Å². The molecule has 2 aliphatic heterocycles. The highest BCUT2D eigenvalue weighted by Gasteiger charge is 2.32. The average molecular weight is 435 g/mol. The zero-order chi connectivity index (χ0) is 22.5. The van der Waals surface area contributed by atoms with Crippen molar-refractivity contribution in [3.05, 3.63) is 65.0 Å². The summed E-state index contributed by atoms with van der Waals surface area (Å²) in [5, 5.41) is 3.04. The molecular formula is C26H34N4O2. The fraction of sp³-hybridized carbons (Fsp3) is 0.500. The molecule has 3 heterocycles. The van der Waals surface area contributed by atoms with Crippen molar-refractivity contribution in [2.75, 3.05) is 26.2 Å². The van der Waals surface area contributed by atoms with Crippen LogP contribution in [-0.2, 0) is 11.3 Å². The van der Waals surface area contributed by atoms with E-state index in [9.17, 15) is 9.59 Å². The molecule has 4 rings (SSSR count). The zero-order valence-corrected chi connectivity index (χ0v) is 19.2. The van der Waals surface area contributed by atoms with Crippen molar-refractivity contribution >= 4 is 11.8 Å². The van der Waals surface area contributed by atoms with Crippen LogP contribution in [-0.4, -0.2) is 58.8 Å². The van der Waals surface area contributed by atoms with Crippen molar-refractivity contribution in [1.82, 2.24) is 20.1 Å². The Bertz CT molecular complexity index is 930. The van der Waals surface area contributed by atoms with Gasteiger partial charge in [0.1, 0.15) is 0 Å². The summed E-state index contributed by atoms with van der Waals surface area (Å²) in [6.07, 6.45) is 5.56. The number of hydrogen-bond donors (Lipinski definition) is 1. The lowest BCUT2D eigenvalue weighted by molar-refractivity contribution is -0.126. The summed E-state index contributed by atoms with van der Waals surface area (Å²) in [6.45, 7) is 8.09. The van der Waals surface area contributed by atoms with Gasteiger partial charge in [0.25, 0.3) is 5.91 Å². The average Bonchev–Trinajstić information content (AvgIpc) is 2.83. The van der Waals surface area contributed by atoms with Gasteiger partial charge in [-0.25, -0.2) is 0 Å². The predicted molar refractivity (Wildman–Crippen MR) is 125 cm³/mol. The maximum absolute atomic E-state index is 13.0. The molecule has 0 atom stereocenters. The largest absolute Gasteiger partial charge is 0.350 e. The lowest BCUT2D eigenvalue weighted by atomic mass is 9.92. The Labute approximate surface area is 191 Å². The highest BCUT2D eigenvalue weighted by molar-refractivity contribution is 5.95. The molecule has 2 saturated heterocycles. The van der Waals surface area contributed by atoms with Crippen LogP contribution >= 0.6 is 0 Å². The van der Waals surface area contributed by atoms with Gasteiger partial charge in [-0.1, -0.05) is 23.8 Å². The molecule has 0 radical (unpaired) electrons. The first-order valence-corrected chi connectivity index (χ1v) is 11.8. The Morgan fingerprint density at radius 3 is 2.41 bits per heavy atom. The van der Waals surface area contributed by atoms with Gasteiger partial charge in [-0.3, -0.25) is 14.6 Å². The molecule has 2 amide bonds. The number of pyridine rings is 1. The van der Waals surface area contributed by atoms with E-state index in [1.165, 1.54) is 5.56 Å². The van der Waals surface area contributed by atoms with E-state index in [1.807, 2.05) is 42.2 Å². The highest BCUT2D eigenvalue weighted by Crippen LogP contribution is 2.25. The van der Waals surface area contributed by atoms with Crippen LogP contribution < -0.4 is 5.32 Å². The summed E-state index contributed by atoms with van der Waals surface area (Å²) in [5.74, 6) is 0.384. The van der Waals surface area contributed by atoms with Crippen molar-refractivity contribution in [2.24, 2.45) is 5.92 Å². The minimum atomic E-state index is 0.0844. The van der Waals surface area contributed by atoms with Gasteiger partial charge in [-0.05, 0) is 76.4 Å². The third kappa shape index (κ3) is 5.36. The standard InChI is InChI=1S/C26H34N4O2/c1-19-6-7-24(20(2)17-19)26(32)30-15-10-23(11-16-30)29-13-8-21(9-14-29)25(31)28-18-22-5-3-4-12-27-22/h3-7,12,17,21,23H,8-11,13-16,18H2,1-2H3,(H,28,31). The third-order valence-corrected chi connectivity index (χ3v) is 6.95. The Balaban J connectivity index is 1.21. The van der Waals surface area contributed by atoms with Gasteiger partial charge >= 0.3 is 0 Å². The minimum absolute atomic E-state index is 0.0844. The summed E-state index contributed by atoms with van der Waals surface area (Å²) >= 11 is 0. The lowest BCUT2D eigenvalue weighted by Gasteiger charge is -2.41. The number of piperidine rings is 2. The van der Waals surface area contributed by atoms with E-state index in [4.69, 9.17) is 0 Å². The number of amides is 2. The Morgan fingerprint density at radius 2 is 1.75 bits per heavy atom. The van der Waals surface area contributed by atoms with Crippen LogP contribution in [0.25, 0.3) is 0 Å². The quantitative estimate of drug-likeness (QED) is 0.784. The van der Waals surface area contributed by atoms with E-state index in [0.717, 1.165) is 68.7 Å². The Kier molecular flexibility index (Phi) is 7.20. The van der Waals surface area contributed by atoms with E-state index < -0.39 is 0 Å². The smallest absolute Gasteiger partial charge is 0.254 e. The number of rotatable bonds is 5. The molecule has 1 N–H and O–H groups in total. The molecule has 2 fully saturated rings. The van der Waals surface area contributed by atoms with E-state index >= 15 is 0 Å². The van der Waals surface area contributed by atoms with Crippen LogP contribution in [0.2, 0.25) is 0 Å². The first-order chi connectivity index (χ1) is 15.5. The number of benzene rings is 1. The summed E-state index contributed by atoms with van der Waals surface area (Å²) in [5.41, 5.74) is 3.96. The van der Waals surface area contributed by atoms with Gasteiger partial charge in [-0.2, -0.15) is 0 Å². The van der Waals surface area contributed by atoms with Crippen LogP contribution in [0.4, 0.5) is 0 Å². The van der Waals surface area contributed by atoms with Crippen LogP contribution in [0.15, 0.2) is 42.6 Å². The van der Waals surface area contributed by atoms with Crippen LogP contribution in [0.5, 0.6) is 0 Å². The van der Waals surface area contributed by atoms with Crippen molar-refractivity contribution in [3.63, 3.8) is 0 Å². The van der Waals surface area contributed by atoms with Crippen molar-refractivity contribution in [2.45, 2.75) is 52.1 Å². The minimum Gasteiger partial charge on any atom is -0.350 e.